The number of nitrogens with zero attached hydrogens (tertiary/aromatic N) is 1. The summed E-state index contributed by atoms with van der Waals surface area (Å²) in [5.41, 5.74) is 1.85. The van der Waals surface area contributed by atoms with Gasteiger partial charge in [0.15, 0.2) is 0 Å². The van der Waals surface area contributed by atoms with Crippen molar-refractivity contribution in [3.63, 3.8) is 0 Å². The Morgan fingerprint density at radius 1 is 1.62 bits per heavy atom. The molecule has 0 N–H and O–H groups in total. The second-order valence-electron chi connectivity index (χ2n) is 4.99. The van der Waals surface area contributed by atoms with Gasteiger partial charge in [-0.3, -0.25) is 4.99 Å². The van der Waals surface area contributed by atoms with Gasteiger partial charge in [0, 0.05) is 18.7 Å². The Labute approximate surface area is 80.9 Å². The molecule has 1 saturated carbocycles. The van der Waals surface area contributed by atoms with E-state index < -0.39 is 0 Å². The quantitative estimate of drug-likeness (QED) is 0.431. The molecule has 2 aliphatic carbocycles. The van der Waals surface area contributed by atoms with Gasteiger partial charge in [-0.15, -0.1) is 0 Å². The number of allylic oxidation sites excluding steroid dienone is 2. The van der Waals surface area contributed by atoms with Gasteiger partial charge in [0.25, 0.3) is 0 Å². The first-order chi connectivity index (χ1) is 6.08. The third-order valence-electron chi connectivity index (χ3n) is 3.94. The standard InChI is InChI=1S/C12H19N/c1-8-5-10-11(8)9(2)6-12(10,3)7-13-4/h6-8,10-11H,5H2,1-4H3/b13-7-. The van der Waals surface area contributed by atoms with Crippen LogP contribution in [0.4, 0.5) is 0 Å². The first-order valence-electron chi connectivity index (χ1n) is 5.21. The lowest BCUT2D eigenvalue weighted by atomic mass is 9.59. The molecule has 1 heteroatoms. The van der Waals surface area contributed by atoms with Gasteiger partial charge in [-0.05, 0) is 31.1 Å². The highest BCUT2D eigenvalue weighted by atomic mass is 14.7. The van der Waals surface area contributed by atoms with Crippen molar-refractivity contribution in [2.75, 3.05) is 7.05 Å². The molecule has 0 amide bonds. The van der Waals surface area contributed by atoms with E-state index in [9.17, 15) is 0 Å². The first-order valence-corrected chi connectivity index (χ1v) is 5.21. The molecule has 0 aliphatic heterocycles. The zero-order valence-electron chi connectivity index (χ0n) is 9.04. The number of fused-ring (bicyclic) bond motifs is 1. The maximum Gasteiger partial charge on any atom is 0.0273 e. The zero-order valence-corrected chi connectivity index (χ0v) is 9.04. The molecule has 2 rings (SSSR count). The second kappa shape index (κ2) is 2.70. The van der Waals surface area contributed by atoms with Crippen LogP contribution >= 0.6 is 0 Å². The van der Waals surface area contributed by atoms with E-state index in [2.05, 4.69) is 38.1 Å². The molecule has 1 nitrogen and oxygen atoms in total. The van der Waals surface area contributed by atoms with Crippen LogP contribution in [0.15, 0.2) is 16.6 Å². The van der Waals surface area contributed by atoms with Crippen molar-refractivity contribution in [3.05, 3.63) is 11.6 Å². The highest BCUT2D eigenvalue weighted by molar-refractivity contribution is 5.70. The summed E-state index contributed by atoms with van der Waals surface area (Å²) in [6, 6.07) is 0. The number of rotatable bonds is 1. The molecule has 0 heterocycles. The summed E-state index contributed by atoms with van der Waals surface area (Å²) in [7, 11) is 1.88. The maximum atomic E-state index is 4.20. The molecule has 4 atom stereocenters. The van der Waals surface area contributed by atoms with Crippen LogP contribution < -0.4 is 0 Å². The summed E-state index contributed by atoms with van der Waals surface area (Å²) in [6.45, 7) is 6.97. The van der Waals surface area contributed by atoms with E-state index in [1.807, 2.05) is 7.05 Å². The Morgan fingerprint density at radius 2 is 2.31 bits per heavy atom. The molecule has 2 aliphatic rings. The van der Waals surface area contributed by atoms with Gasteiger partial charge in [0.1, 0.15) is 0 Å². The lowest BCUT2D eigenvalue weighted by molar-refractivity contribution is 0.0865. The van der Waals surface area contributed by atoms with E-state index in [1.54, 1.807) is 5.57 Å². The van der Waals surface area contributed by atoms with Gasteiger partial charge in [-0.25, -0.2) is 0 Å². The molecular formula is C12H19N. The van der Waals surface area contributed by atoms with E-state index >= 15 is 0 Å². The monoisotopic (exact) mass is 177 g/mol. The normalized spacial score (nSPS) is 48.9. The van der Waals surface area contributed by atoms with Gasteiger partial charge in [-0.2, -0.15) is 0 Å². The van der Waals surface area contributed by atoms with E-state index in [0.717, 1.165) is 17.8 Å². The summed E-state index contributed by atoms with van der Waals surface area (Å²) < 4.78 is 0. The van der Waals surface area contributed by atoms with Gasteiger partial charge in [-0.1, -0.05) is 25.5 Å². The van der Waals surface area contributed by atoms with E-state index in [4.69, 9.17) is 0 Å². The molecule has 1 fully saturated rings. The average molecular weight is 177 g/mol. The minimum Gasteiger partial charge on any atom is -0.300 e. The molecule has 0 spiro atoms. The molecule has 0 radical (unpaired) electrons. The third kappa shape index (κ3) is 1.09. The molecule has 72 valence electrons. The molecular weight excluding hydrogens is 158 g/mol. The predicted octanol–water partition coefficient (Wildman–Crippen LogP) is 2.93. The first kappa shape index (κ1) is 8.98. The Kier molecular flexibility index (Phi) is 1.86. The highest BCUT2D eigenvalue weighted by Crippen LogP contribution is 2.58. The lowest BCUT2D eigenvalue weighted by Gasteiger charge is -2.45. The van der Waals surface area contributed by atoms with Crippen LogP contribution in [0, 0.1) is 23.2 Å². The fourth-order valence-corrected chi connectivity index (χ4v) is 3.41. The van der Waals surface area contributed by atoms with Gasteiger partial charge in [0.2, 0.25) is 0 Å². The van der Waals surface area contributed by atoms with E-state index in [1.165, 1.54) is 6.42 Å². The molecule has 0 saturated heterocycles. The summed E-state index contributed by atoms with van der Waals surface area (Å²) in [5.74, 6) is 2.59. The molecule has 13 heavy (non-hydrogen) atoms. The fraction of sp³-hybridized carbons (Fsp3) is 0.750. The Morgan fingerprint density at radius 3 is 2.77 bits per heavy atom. The van der Waals surface area contributed by atoms with Gasteiger partial charge < -0.3 is 0 Å². The number of aliphatic imine (C=N–C) groups is 1. The van der Waals surface area contributed by atoms with E-state index in [0.29, 0.717) is 0 Å². The largest absolute Gasteiger partial charge is 0.300 e. The van der Waals surface area contributed by atoms with Gasteiger partial charge in [0.05, 0.1) is 0 Å². The summed E-state index contributed by atoms with van der Waals surface area (Å²) >= 11 is 0. The zero-order chi connectivity index (χ0) is 9.64. The summed E-state index contributed by atoms with van der Waals surface area (Å²) in [5, 5.41) is 0. The fourth-order valence-electron chi connectivity index (χ4n) is 3.41. The van der Waals surface area contributed by atoms with Crippen LogP contribution in [0.5, 0.6) is 0 Å². The molecule has 0 bridgehead atoms. The average Bonchev–Trinajstić information content (AvgIpc) is 2.17. The van der Waals surface area contributed by atoms with Crippen molar-refractivity contribution < 1.29 is 0 Å². The second-order valence-corrected chi connectivity index (χ2v) is 4.99. The van der Waals surface area contributed by atoms with Crippen molar-refractivity contribution in [1.82, 2.24) is 0 Å². The smallest absolute Gasteiger partial charge is 0.0273 e. The van der Waals surface area contributed by atoms with Crippen molar-refractivity contribution in [2.24, 2.45) is 28.2 Å². The topological polar surface area (TPSA) is 12.4 Å². The minimum absolute atomic E-state index is 0.260. The number of hydrogen-bond donors (Lipinski definition) is 0. The van der Waals surface area contributed by atoms with Gasteiger partial charge >= 0.3 is 0 Å². The lowest BCUT2D eigenvalue weighted by Crippen LogP contribution is -2.40. The van der Waals surface area contributed by atoms with Crippen LogP contribution in [-0.4, -0.2) is 13.3 Å². The maximum absolute atomic E-state index is 4.20. The van der Waals surface area contributed by atoms with Crippen LogP contribution in [0.1, 0.15) is 27.2 Å². The van der Waals surface area contributed by atoms with Crippen LogP contribution in [0.25, 0.3) is 0 Å². The summed E-state index contributed by atoms with van der Waals surface area (Å²) in [4.78, 5) is 4.20. The Bertz CT molecular complexity index is 277. The predicted molar refractivity (Wildman–Crippen MR) is 57.0 cm³/mol. The van der Waals surface area contributed by atoms with Crippen molar-refractivity contribution in [3.8, 4) is 0 Å². The molecule has 0 aromatic rings. The Balaban J connectivity index is 2.27. The summed E-state index contributed by atoms with van der Waals surface area (Å²) in [6.07, 6.45) is 5.94. The van der Waals surface area contributed by atoms with Crippen LogP contribution in [-0.2, 0) is 0 Å². The molecule has 0 aromatic heterocycles. The van der Waals surface area contributed by atoms with Crippen LogP contribution in [0.3, 0.4) is 0 Å². The van der Waals surface area contributed by atoms with Crippen molar-refractivity contribution in [2.45, 2.75) is 27.2 Å². The van der Waals surface area contributed by atoms with Crippen LogP contribution in [0.2, 0.25) is 0 Å². The van der Waals surface area contributed by atoms with Crippen molar-refractivity contribution in [1.29, 1.82) is 0 Å². The minimum atomic E-state index is 0.260. The SMILES string of the molecule is C/N=C\C1(C)C=C(C)C2C(C)CC21. The van der Waals surface area contributed by atoms with Crippen molar-refractivity contribution >= 4 is 6.21 Å². The highest BCUT2D eigenvalue weighted by Gasteiger charge is 2.51. The Hall–Kier alpha value is -0.590. The van der Waals surface area contributed by atoms with E-state index in [-0.39, 0.29) is 5.41 Å². The molecule has 0 aromatic carbocycles. The number of hydrogen-bond acceptors (Lipinski definition) is 1. The third-order valence-corrected chi connectivity index (χ3v) is 3.94. The molecule has 4 unspecified atom stereocenters.